The summed E-state index contributed by atoms with van der Waals surface area (Å²) in [6, 6.07) is 12.2. The summed E-state index contributed by atoms with van der Waals surface area (Å²) < 4.78 is 23.1. The minimum absolute atomic E-state index is 0.104. The molecule has 24 heavy (non-hydrogen) atoms. The summed E-state index contributed by atoms with van der Waals surface area (Å²) in [6.45, 7) is 3.21. The molecule has 0 radical (unpaired) electrons. The molecule has 2 aliphatic rings. The number of fused-ring (bicyclic) bond motifs is 1. The molecule has 4 rings (SSSR count). The van der Waals surface area contributed by atoms with Crippen molar-refractivity contribution in [2.24, 2.45) is 0 Å². The van der Waals surface area contributed by atoms with Crippen molar-refractivity contribution >= 4 is 10.8 Å². The monoisotopic (exact) mass is 344 g/mol. The molecule has 1 saturated heterocycles. The first kappa shape index (κ1) is 15.6. The standard InChI is InChI=1S/C18H20N2O3S/c21-24-10-8-20(9-11-24)12-14-3-5-15(6-4-14)17-13-22-18-16(23-17)2-1-7-19-18/h1-7,17H,8-13H2/t17-/m1/s1. The lowest BCUT2D eigenvalue weighted by Gasteiger charge is -2.27. The largest absolute Gasteiger partial charge is 0.476 e. The van der Waals surface area contributed by atoms with Crippen molar-refractivity contribution < 1.29 is 13.7 Å². The van der Waals surface area contributed by atoms with Gasteiger partial charge in [-0.05, 0) is 23.3 Å². The average Bonchev–Trinajstić information content (AvgIpc) is 2.64. The minimum Gasteiger partial charge on any atom is -0.476 e. The second-order valence-corrected chi connectivity index (χ2v) is 7.79. The van der Waals surface area contributed by atoms with E-state index >= 15 is 0 Å². The van der Waals surface area contributed by atoms with Gasteiger partial charge in [0.1, 0.15) is 6.61 Å². The van der Waals surface area contributed by atoms with Crippen molar-refractivity contribution in [3.63, 3.8) is 0 Å². The van der Waals surface area contributed by atoms with E-state index in [1.807, 2.05) is 12.1 Å². The molecule has 2 aromatic rings. The molecule has 3 heterocycles. The molecule has 0 bridgehead atoms. The van der Waals surface area contributed by atoms with E-state index in [0.29, 0.717) is 18.2 Å². The van der Waals surface area contributed by atoms with E-state index in [9.17, 15) is 4.21 Å². The van der Waals surface area contributed by atoms with Gasteiger partial charge in [-0.25, -0.2) is 4.98 Å². The Morgan fingerprint density at radius 3 is 2.75 bits per heavy atom. The third-order valence-corrected chi connectivity index (χ3v) is 5.68. The fourth-order valence-corrected chi connectivity index (χ4v) is 4.14. The Hall–Kier alpha value is -1.92. The summed E-state index contributed by atoms with van der Waals surface area (Å²) in [5.74, 6) is 2.84. The van der Waals surface area contributed by atoms with E-state index in [1.165, 1.54) is 5.56 Å². The Labute approximate surface area is 144 Å². The summed E-state index contributed by atoms with van der Waals surface area (Å²) in [6.07, 6.45) is 1.60. The zero-order chi connectivity index (χ0) is 16.4. The lowest BCUT2D eigenvalue weighted by Crippen LogP contribution is -2.37. The summed E-state index contributed by atoms with van der Waals surface area (Å²) >= 11 is 0. The molecule has 0 unspecified atom stereocenters. The number of nitrogens with zero attached hydrogens (tertiary/aromatic N) is 2. The molecular weight excluding hydrogens is 324 g/mol. The second kappa shape index (κ2) is 6.91. The van der Waals surface area contributed by atoms with Gasteiger partial charge < -0.3 is 9.47 Å². The highest BCUT2D eigenvalue weighted by molar-refractivity contribution is 7.85. The SMILES string of the molecule is O=S1CCN(Cc2ccc([C@H]3COc4ncccc4O3)cc2)CC1. The van der Waals surface area contributed by atoms with Crippen LogP contribution >= 0.6 is 0 Å². The molecule has 0 saturated carbocycles. The molecule has 1 atom stereocenters. The van der Waals surface area contributed by atoms with Crippen LogP contribution in [0.15, 0.2) is 42.6 Å². The molecule has 5 nitrogen and oxygen atoms in total. The molecule has 1 aromatic heterocycles. The fourth-order valence-electron chi connectivity index (χ4n) is 3.01. The number of aromatic nitrogens is 1. The van der Waals surface area contributed by atoms with Crippen molar-refractivity contribution in [3.8, 4) is 11.6 Å². The Bertz CT molecular complexity index is 725. The van der Waals surface area contributed by atoms with E-state index in [4.69, 9.17) is 9.47 Å². The van der Waals surface area contributed by atoms with E-state index in [0.717, 1.165) is 36.7 Å². The van der Waals surface area contributed by atoms with E-state index < -0.39 is 10.8 Å². The predicted molar refractivity (Wildman–Crippen MR) is 92.7 cm³/mol. The number of rotatable bonds is 3. The van der Waals surface area contributed by atoms with Crippen LogP contribution < -0.4 is 9.47 Å². The zero-order valence-corrected chi connectivity index (χ0v) is 14.2. The molecule has 126 valence electrons. The van der Waals surface area contributed by atoms with Crippen LogP contribution in [0.4, 0.5) is 0 Å². The molecule has 0 aliphatic carbocycles. The molecule has 0 spiro atoms. The van der Waals surface area contributed by atoms with Gasteiger partial charge in [-0.3, -0.25) is 9.11 Å². The maximum atomic E-state index is 11.4. The highest BCUT2D eigenvalue weighted by Gasteiger charge is 2.23. The molecule has 0 N–H and O–H groups in total. The smallest absolute Gasteiger partial charge is 0.257 e. The van der Waals surface area contributed by atoms with Crippen LogP contribution in [-0.2, 0) is 17.3 Å². The molecular formula is C18H20N2O3S. The van der Waals surface area contributed by atoms with E-state index in [1.54, 1.807) is 6.20 Å². The van der Waals surface area contributed by atoms with Gasteiger partial charge >= 0.3 is 0 Å². The van der Waals surface area contributed by atoms with E-state index in [2.05, 4.69) is 34.1 Å². The van der Waals surface area contributed by atoms with Gasteiger partial charge in [0.05, 0.1) is 0 Å². The van der Waals surface area contributed by atoms with Crippen LogP contribution in [-0.4, -0.2) is 45.3 Å². The van der Waals surface area contributed by atoms with Gasteiger partial charge in [0.2, 0.25) is 0 Å². The van der Waals surface area contributed by atoms with Crippen LogP contribution in [0.5, 0.6) is 11.6 Å². The number of ether oxygens (including phenoxy) is 2. The maximum Gasteiger partial charge on any atom is 0.257 e. The van der Waals surface area contributed by atoms with Crippen LogP contribution in [0.2, 0.25) is 0 Å². The molecule has 1 aromatic carbocycles. The molecule has 0 amide bonds. The third-order valence-electron chi connectivity index (χ3n) is 4.40. The topological polar surface area (TPSA) is 51.7 Å². The third kappa shape index (κ3) is 3.44. The van der Waals surface area contributed by atoms with Gasteiger partial charge in [-0.15, -0.1) is 0 Å². The van der Waals surface area contributed by atoms with Crippen molar-refractivity contribution in [2.75, 3.05) is 31.2 Å². The summed E-state index contributed by atoms with van der Waals surface area (Å²) in [7, 11) is -0.621. The van der Waals surface area contributed by atoms with Crippen LogP contribution in [0.3, 0.4) is 0 Å². The predicted octanol–water partition coefficient (Wildman–Crippen LogP) is 2.16. The highest BCUT2D eigenvalue weighted by Crippen LogP contribution is 2.34. The van der Waals surface area contributed by atoms with Crippen LogP contribution in [0.1, 0.15) is 17.2 Å². The van der Waals surface area contributed by atoms with Gasteiger partial charge in [-0.1, -0.05) is 24.3 Å². The average molecular weight is 344 g/mol. The van der Waals surface area contributed by atoms with Crippen LogP contribution in [0, 0.1) is 0 Å². The molecule has 2 aliphatic heterocycles. The lowest BCUT2D eigenvalue weighted by atomic mass is 10.1. The minimum atomic E-state index is -0.621. The van der Waals surface area contributed by atoms with Crippen molar-refractivity contribution in [1.29, 1.82) is 0 Å². The number of pyridine rings is 1. The lowest BCUT2D eigenvalue weighted by molar-refractivity contribution is 0.0863. The second-order valence-electron chi connectivity index (χ2n) is 6.09. The number of benzene rings is 1. The van der Waals surface area contributed by atoms with Crippen molar-refractivity contribution in [2.45, 2.75) is 12.6 Å². The highest BCUT2D eigenvalue weighted by atomic mass is 32.2. The first-order valence-corrected chi connectivity index (χ1v) is 9.67. The van der Waals surface area contributed by atoms with Crippen molar-refractivity contribution in [1.82, 2.24) is 9.88 Å². The summed E-state index contributed by atoms with van der Waals surface area (Å²) in [5.41, 5.74) is 2.37. The van der Waals surface area contributed by atoms with E-state index in [-0.39, 0.29) is 6.10 Å². The first-order valence-electron chi connectivity index (χ1n) is 8.18. The van der Waals surface area contributed by atoms with Crippen molar-refractivity contribution in [3.05, 3.63) is 53.7 Å². The zero-order valence-electron chi connectivity index (χ0n) is 13.4. The van der Waals surface area contributed by atoms with Gasteiger partial charge in [0.25, 0.3) is 5.88 Å². The van der Waals surface area contributed by atoms with Crippen LogP contribution in [0.25, 0.3) is 0 Å². The number of hydrogen-bond donors (Lipinski definition) is 0. The summed E-state index contributed by atoms with van der Waals surface area (Å²) in [5, 5.41) is 0. The first-order chi connectivity index (χ1) is 11.8. The molecule has 6 heteroatoms. The maximum absolute atomic E-state index is 11.4. The fraction of sp³-hybridized carbons (Fsp3) is 0.389. The summed E-state index contributed by atoms with van der Waals surface area (Å²) in [4.78, 5) is 6.52. The van der Waals surface area contributed by atoms with Gasteiger partial charge in [0.15, 0.2) is 11.9 Å². The normalized spacial score (nSPS) is 21.6. The Balaban J connectivity index is 1.40. The Kier molecular flexibility index (Phi) is 4.49. The quantitative estimate of drug-likeness (QED) is 0.854. The van der Waals surface area contributed by atoms with Gasteiger partial charge in [-0.2, -0.15) is 0 Å². The molecule has 1 fully saturated rings. The van der Waals surface area contributed by atoms with Gasteiger partial charge in [0, 0.05) is 48.1 Å². The Morgan fingerprint density at radius 2 is 1.96 bits per heavy atom. The number of hydrogen-bond acceptors (Lipinski definition) is 5. The Morgan fingerprint density at radius 1 is 1.17 bits per heavy atom.